The van der Waals surface area contributed by atoms with Gasteiger partial charge in [0.25, 0.3) is 0 Å². The maximum absolute atomic E-state index is 12.2. The number of amides is 3. The summed E-state index contributed by atoms with van der Waals surface area (Å²) in [4.78, 5) is 35.8. The Morgan fingerprint density at radius 2 is 2.00 bits per heavy atom. The number of nitrogens with one attached hydrogen (secondary N) is 3. The van der Waals surface area contributed by atoms with Crippen LogP contribution in [0.4, 0.5) is 10.5 Å². The Bertz CT molecular complexity index is 652. The third-order valence-electron chi connectivity index (χ3n) is 3.65. The van der Waals surface area contributed by atoms with Crippen molar-refractivity contribution < 1.29 is 19.1 Å². The van der Waals surface area contributed by atoms with Gasteiger partial charge >= 0.3 is 6.09 Å². The lowest BCUT2D eigenvalue weighted by Gasteiger charge is -2.19. The van der Waals surface area contributed by atoms with Gasteiger partial charge in [0.1, 0.15) is 11.6 Å². The van der Waals surface area contributed by atoms with Crippen molar-refractivity contribution >= 4 is 23.6 Å². The Labute approximate surface area is 147 Å². The van der Waals surface area contributed by atoms with Crippen LogP contribution in [0.5, 0.6) is 0 Å². The molecule has 1 aliphatic rings. The van der Waals surface area contributed by atoms with Crippen LogP contribution in [-0.2, 0) is 20.7 Å². The number of ether oxygens (including phenoxy) is 1. The highest BCUT2D eigenvalue weighted by molar-refractivity contribution is 5.98. The smallest absolute Gasteiger partial charge is 0.407 e. The SMILES string of the molecule is CC(C)(C)OC(=O)NCCC(=O)NC1CCc2ccccc2NC1=O. The van der Waals surface area contributed by atoms with E-state index in [1.54, 1.807) is 20.8 Å². The number of hydrogen-bond donors (Lipinski definition) is 3. The van der Waals surface area contributed by atoms with Crippen molar-refractivity contribution in [3.05, 3.63) is 29.8 Å². The molecule has 1 heterocycles. The molecule has 7 nitrogen and oxygen atoms in total. The lowest BCUT2D eigenvalue weighted by Crippen LogP contribution is -2.44. The summed E-state index contributed by atoms with van der Waals surface area (Å²) in [5.74, 6) is -0.513. The molecule has 7 heteroatoms. The third-order valence-corrected chi connectivity index (χ3v) is 3.65. The lowest BCUT2D eigenvalue weighted by atomic mass is 10.1. The summed E-state index contributed by atoms with van der Waals surface area (Å²) in [7, 11) is 0. The molecule has 0 bridgehead atoms. The van der Waals surface area contributed by atoms with Crippen molar-refractivity contribution in [1.82, 2.24) is 10.6 Å². The fourth-order valence-corrected chi connectivity index (χ4v) is 2.51. The Kier molecular flexibility index (Phi) is 6.01. The Balaban J connectivity index is 1.77. The molecule has 1 aromatic carbocycles. The zero-order chi connectivity index (χ0) is 18.4. The normalized spacial score (nSPS) is 16.9. The summed E-state index contributed by atoms with van der Waals surface area (Å²) < 4.78 is 5.09. The van der Waals surface area contributed by atoms with E-state index in [9.17, 15) is 14.4 Å². The van der Waals surface area contributed by atoms with Crippen molar-refractivity contribution in [2.45, 2.75) is 51.7 Å². The maximum atomic E-state index is 12.2. The highest BCUT2D eigenvalue weighted by atomic mass is 16.6. The number of rotatable bonds is 4. The molecule has 1 atom stereocenters. The number of alkyl carbamates (subject to hydrolysis) is 1. The predicted octanol–water partition coefficient (Wildman–Crippen LogP) is 1.97. The van der Waals surface area contributed by atoms with Crippen molar-refractivity contribution in [3.8, 4) is 0 Å². The fourth-order valence-electron chi connectivity index (χ4n) is 2.51. The summed E-state index contributed by atoms with van der Waals surface area (Å²) in [6, 6.07) is 7.01. The minimum Gasteiger partial charge on any atom is -0.444 e. The Morgan fingerprint density at radius 3 is 2.72 bits per heavy atom. The van der Waals surface area contributed by atoms with Gasteiger partial charge in [-0.25, -0.2) is 4.79 Å². The number of aryl methyl sites for hydroxylation is 1. The quantitative estimate of drug-likeness (QED) is 0.776. The number of benzene rings is 1. The standard InChI is InChI=1S/C18H25N3O4/c1-18(2,3)25-17(24)19-11-10-15(22)20-14-9-8-12-6-4-5-7-13(12)21-16(14)23/h4-7,14H,8-11H2,1-3H3,(H,19,24)(H,20,22)(H,21,23). The van der Waals surface area contributed by atoms with Crippen LogP contribution < -0.4 is 16.0 Å². The average Bonchev–Trinajstić information content (AvgIpc) is 2.65. The van der Waals surface area contributed by atoms with Crippen LogP contribution in [0.3, 0.4) is 0 Å². The molecule has 0 aliphatic carbocycles. The first-order valence-corrected chi connectivity index (χ1v) is 8.39. The second kappa shape index (κ2) is 8.00. The number of fused-ring (bicyclic) bond motifs is 1. The minimum atomic E-state index is -0.584. The first-order chi connectivity index (χ1) is 11.7. The van der Waals surface area contributed by atoms with Crippen LogP contribution in [0, 0.1) is 0 Å². The lowest BCUT2D eigenvalue weighted by molar-refractivity contribution is -0.126. The van der Waals surface area contributed by atoms with Gasteiger partial charge in [0.2, 0.25) is 11.8 Å². The molecule has 25 heavy (non-hydrogen) atoms. The minimum absolute atomic E-state index is 0.0793. The molecule has 0 spiro atoms. The van der Waals surface area contributed by atoms with E-state index in [4.69, 9.17) is 4.74 Å². The highest BCUT2D eigenvalue weighted by Gasteiger charge is 2.24. The molecule has 3 N–H and O–H groups in total. The Hall–Kier alpha value is -2.57. The molecule has 3 amide bonds. The second-order valence-corrected chi connectivity index (χ2v) is 6.98. The number of anilines is 1. The molecule has 1 aliphatic heterocycles. The van der Waals surface area contributed by atoms with E-state index in [-0.39, 0.29) is 24.8 Å². The molecule has 0 aromatic heterocycles. The van der Waals surface area contributed by atoms with Crippen LogP contribution >= 0.6 is 0 Å². The van der Waals surface area contributed by atoms with Gasteiger partial charge in [0.05, 0.1) is 0 Å². The zero-order valence-electron chi connectivity index (χ0n) is 14.8. The van der Waals surface area contributed by atoms with Gasteiger partial charge in [-0.2, -0.15) is 0 Å². The van der Waals surface area contributed by atoms with Crippen molar-refractivity contribution in [2.75, 3.05) is 11.9 Å². The third kappa shape index (κ3) is 6.10. The topological polar surface area (TPSA) is 96.5 Å². The number of carbonyl (C=O) groups is 3. The van der Waals surface area contributed by atoms with Gasteiger partial charge in [-0.05, 0) is 45.2 Å². The van der Waals surface area contributed by atoms with Gasteiger partial charge in [-0.3, -0.25) is 9.59 Å². The zero-order valence-corrected chi connectivity index (χ0v) is 14.8. The largest absolute Gasteiger partial charge is 0.444 e. The molecular weight excluding hydrogens is 322 g/mol. The van der Waals surface area contributed by atoms with E-state index in [0.29, 0.717) is 12.8 Å². The van der Waals surface area contributed by atoms with Gasteiger partial charge in [-0.1, -0.05) is 18.2 Å². The molecule has 2 rings (SSSR count). The first-order valence-electron chi connectivity index (χ1n) is 8.39. The maximum Gasteiger partial charge on any atom is 0.407 e. The monoisotopic (exact) mass is 347 g/mol. The summed E-state index contributed by atoms with van der Waals surface area (Å²) >= 11 is 0. The summed E-state index contributed by atoms with van der Waals surface area (Å²) in [5, 5.41) is 8.08. The predicted molar refractivity (Wildman–Crippen MR) is 94.2 cm³/mol. The molecule has 0 saturated carbocycles. The van der Waals surface area contributed by atoms with E-state index in [0.717, 1.165) is 11.3 Å². The van der Waals surface area contributed by atoms with Crippen LogP contribution in [-0.4, -0.2) is 36.1 Å². The molecular formula is C18H25N3O4. The molecule has 0 radical (unpaired) electrons. The van der Waals surface area contributed by atoms with Crippen LogP contribution in [0.2, 0.25) is 0 Å². The Morgan fingerprint density at radius 1 is 1.28 bits per heavy atom. The van der Waals surface area contributed by atoms with E-state index in [2.05, 4.69) is 16.0 Å². The van der Waals surface area contributed by atoms with E-state index >= 15 is 0 Å². The fraction of sp³-hybridized carbons (Fsp3) is 0.500. The molecule has 0 saturated heterocycles. The van der Waals surface area contributed by atoms with Crippen LogP contribution in [0.15, 0.2) is 24.3 Å². The van der Waals surface area contributed by atoms with Gasteiger partial charge in [0.15, 0.2) is 0 Å². The van der Waals surface area contributed by atoms with Gasteiger partial charge < -0.3 is 20.7 Å². The number of para-hydroxylation sites is 1. The summed E-state index contributed by atoms with van der Waals surface area (Å²) in [5.41, 5.74) is 1.26. The molecule has 1 unspecified atom stereocenters. The van der Waals surface area contributed by atoms with Gasteiger partial charge in [-0.15, -0.1) is 0 Å². The van der Waals surface area contributed by atoms with Gasteiger partial charge in [0, 0.05) is 18.7 Å². The molecule has 136 valence electrons. The average molecular weight is 347 g/mol. The van der Waals surface area contributed by atoms with E-state index in [1.807, 2.05) is 24.3 Å². The second-order valence-electron chi connectivity index (χ2n) is 6.98. The van der Waals surface area contributed by atoms with Crippen LogP contribution in [0.1, 0.15) is 39.2 Å². The van der Waals surface area contributed by atoms with Crippen LogP contribution in [0.25, 0.3) is 0 Å². The molecule has 0 fully saturated rings. The van der Waals surface area contributed by atoms with E-state index < -0.39 is 17.7 Å². The molecule has 1 aromatic rings. The number of hydrogen-bond acceptors (Lipinski definition) is 4. The summed E-state index contributed by atoms with van der Waals surface area (Å²) in [6.45, 7) is 5.45. The van der Waals surface area contributed by atoms with Crippen molar-refractivity contribution in [3.63, 3.8) is 0 Å². The van der Waals surface area contributed by atoms with Crippen molar-refractivity contribution in [2.24, 2.45) is 0 Å². The first kappa shape index (κ1) is 18.8. The van der Waals surface area contributed by atoms with E-state index in [1.165, 1.54) is 0 Å². The van der Waals surface area contributed by atoms with Crippen molar-refractivity contribution in [1.29, 1.82) is 0 Å². The summed E-state index contributed by atoms with van der Waals surface area (Å²) in [6.07, 6.45) is 0.753. The number of carbonyl (C=O) groups excluding carboxylic acids is 3. The highest BCUT2D eigenvalue weighted by Crippen LogP contribution is 2.21.